The number of fused-ring (bicyclic) bond motifs is 4. The van der Waals surface area contributed by atoms with Crippen LogP contribution in [0.5, 0.6) is 0 Å². The Balaban J connectivity index is 1.46. The highest BCUT2D eigenvalue weighted by atomic mass is 16.3. The fourth-order valence-corrected chi connectivity index (χ4v) is 4.78. The second-order valence-electron chi connectivity index (χ2n) is 8.28. The lowest BCUT2D eigenvalue weighted by atomic mass is 9.83. The summed E-state index contributed by atoms with van der Waals surface area (Å²) >= 11 is 0. The summed E-state index contributed by atoms with van der Waals surface area (Å²) in [5.74, 6) is 2.01. The maximum absolute atomic E-state index is 13.3. The van der Waals surface area contributed by atoms with E-state index in [0.717, 1.165) is 29.0 Å². The number of pyridine rings is 1. The Morgan fingerprint density at radius 1 is 1.00 bits per heavy atom. The number of carbonyl (C=O) groups is 1. The summed E-state index contributed by atoms with van der Waals surface area (Å²) in [4.78, 5) is 27.5. The van der Waals surface area contributed by atoms with E-state index in [0.29, 0.717) is 31.3 Å². The molecule has 2 aliphatic heterocycles. The van der Waals surface area contributed by atoms with Gasteiger partial charge in [0.25, 0.3) is 5.56 Å². The predicted molar refractivity (Wildman–Crippen MR) is 115 cm³/mol. The molecule has 1 fully saturated rings. The van der Waals surface area contributed by atoms with Gasteiger partial charge in [-0.1, -0.05) is 36.4 Å². The molecule has 5 heteroatoms. The minimum Gasteiger partial charge on any atom is -0.461 e. The molecular weight excluding hydrogens is 376 g/mol. The molecule has 2 atom stereocenters. The van der Waals surface area contributed by atoms with Gasteiger partial charge in [0.05, 0.1) is 0 Å². The summed E-state index contributed by atoms with van der Waals surface area (Å²) in [5, 5.41) is 0. The standard InChI is InChI=1S/C25H24N2O3/c1-17-10-11-23(30-17)21(19-6-3-2-4-7-19)13-25(29)26-14-18-12-20(16-26)22-8-5-9-24(28)27(22)15-18/h2-11,13,18,20H,12,14-16H2,1H3. The van der Waals surface area contributed by atoms with E-state index >= 15 is 0 Å². The largest absolute Gasteiger partial charge is 0.461 e. The quantitative estimate of drug-likeness (QED) is 0.628. The van der Waals surface area contributed by atoms with Crippen molar-refractivity contribution >= 4 is 11.5 Å². The van der Waals surface area contributed by atoms with Crippen molar-refractivity contribution in [2.24, 2.45) is 5.92 Å². The van der Waals surface area contributed by atoms with Gasteiger partial charge >= 0.3 is 0 Å². The Hall–Kier alpha value is -3.34. The molecule has 3 aromatic rings. The van der Waals surface area contributed by atoms with Crippen LogP contribution >= 0.6 is 0 Å². The molecule has 1 aromatic carbocycles. The number of hydrogen-bond acceptors (Lipinski definition) is 3. The van der Waals surface area contributed by atoms with Gasteiger partial charge in [-0.15, -0.1) is 0 Å². The van der Waals surface area contributed by atoms with Crippen molar-refractivity contribution in [3.05, 3.63) is 99.9 Å². The second-order valence-corrected chi connectivity index (χ2v) is 8.28. The average Bonchev–Trinajstić information content (AvgIpc) is 3.19. The number of piperidine rings is 1. The number of aryl methyl sites for hydroxylation is 1. The lowest BCUT2D eigenvalue weighted by molar-refractivity contribution is -0.128. The number of likely N-dealkylation sites (tertiary alicyclic amines) is 1. The number of amides is 1. The summed E-state index contributed by atoms with van der Waals surface area (Å²) in [7, 11) is 0. The number of aromatic nitrogens is 1. The zero-order chi connectivity index (χ0) is 20.7. The van der Waals surface area contributed by atoms with Crippen molar-refractivity contribution in [2.75, 3.05) is 13.1 Å². The lowest BCUT2D eigenvalue weighted by Gasteiger charge is -2.42. The number of nitrogens with zero attached hydrogens (tertiary/aromatic N) is 2. The first kappa shape index (κ1) is 18.7. The summed E-state index contributed by atoms with van der Waals surface area (Å²) < 4.78 is 7.73. The summed E-state index contributed by atoms with van der Waals surface area (Å²) in [6.07, 6.45) is 2.73. The van der Waals surface area contributed by atoms with E-state index in [-0.39, 0.29) is 17.4 Å². The molecule has 0 radical (unpaired) electrons. The van der Waals surface area contributed by atoms with Crippen LogP contribution < -0.4 is 5.56 Å². The van der Waals surface area contributed by atoms with Crippen LogP contribution in [-0.2, 0) is 11.3 Å². The maximum atomic E-state index is 13.3. The maximum Gasteiger partial charge on any atom is 0.250 e. The first-order chi connectivity index (χ1) is 14.6. The molecule has 5 nitrogen and oxygen atoms in total. The summed E-state index contributed by atoms with van der Waals surface area (Å²) in [5.41, 5.74) is 2.85. The Labute approximate surface area is 175 Å². The SMILES string of the molecule is Cc1ccc(C(=CC(=O)N2CC3CC(C2)c2cccc(=O)n2C3)c2ccccc2)o1. The smallest absolute Gasteiger partial charge is 0.250 e. The molecule has 5 rings (SSSR count). The van der Waals surface area contributed by atoms with E-state index in [1.165, 1.54) is 0 Å². The normalized spacial score (nSPS) is 20.7. The first-order valence-electron chi connectivity index (χ1n) is 10.4. The van der Waals surface area contributed by atoms with E-state index in [4.69, 9.17) is 4.42 Å². The van der Waals surface area contributed by atoms with Crippen LogP contribution in [-0.4, -0.2) is 28.5 Å². The predicted octanol–water partition coefficient (Wildman–Crippen LogP) is 3.83. The Kier molecular flexibility index (Phi) is 4.66. The van der Waals surface area contributed by atoms with Crippen molar-refractivity contribution in [3.63, 3.8) is 0 Å². The summed E-state index contributed by atoms with van der Waals surface area (Å²) in [6, 6.07) is 19.2. The van der Waals surface area contributed by atoms with Gasteiger partial charge in [-0.25, -0.2) is 0 Å². The van der Waals surface area contributed by atoms with Crippen LogP contribution in [0.15, 0.2) is 76.0 Å². The highest BCUT2D eigenvalue weighted by Gasteiger charge is 2.35. The number of furan rings is 1. The van der Waals surface area contributed by atoms with E-state index in [9.17, 15) is 9.59 Å². The topological polar surface area (TPSA) is 55.5 Å². The van der Waals surface area contributed by atoms with E-state index < -0.39 is 0 Å². The minimum atomic E-state index is -0.00988. The molecule has 0 N–H and O–H groups in total. The number of carbonyl (C=O) groups excluding carboxylic acids is 1. The molecule has 2 aliphatic rings. The van der Waals surface area contributed by atoms with Gasteiger partial charge in [0.2, 0.25) is 5.91 Å². The Morgan fingerprint density at radius 3 is 2.60 bits per heavy atom. The molecule has 2 bridgehead atoms. The third-order valence-corrected chi connectivity index (χ3v) is 6.15. The summed E-state index contributed by atoms with van der Waals surface area (Å²) in [6.45, 7) is 3.89. The van der Waals surface area contributed by atoms with Crippen molar-refractivity contribution in [2.45, 2.75) is 25.8 Å². The molecule has 2 unspecified atom stereocenters. The van der Waals surface area contributed by atoms with Crippen LogP contribution in [0.3, 0.4) is 0 Å². The van der Waals surface area contributed by atoms with Gasteiger partial charge in [-0.05, 0) is 43.0 Å². The zero-order valence-corrected chi connectivity index (χ0v) is 17.0. The van der Waals surface area contributed by atoms with Crippen LogP contribution in [0.4, 0.5) is 0 Å². The number of rotatable bonds is 3. The molecule has 1 saturated heterocycles. The van der Waals surface area contributed by atoms with Crippen LogP contribution in [0, 0.1) is 12.8 Å². The monoisotopic (exact) mass is 400 g/mol. The number of hydrogen-bond donors (Lipinski definition) is 0. The molecule has 0 spiro atoms. The third kappa shape index (κ3) is 3.41. The van der Waals surface area contributed by atoms with Gasteiger partial charge in [-0.3, -0.25) is 9.59 Å². The lowest BCUT2D eigenvalue weighted by Crippen LogP contribution is -2.48. The van der Waals surface area contributed by atoms with Crippen LogP contribution in [0.1, 0.15) is 35.1 Å². The zero-order valence-electron chi connectivity index (χ0n) is 17.0. The molecule has 30 heavy (non-hydrogen) atoms. The average molecular weight is 400 g/mol. The fourth-order valence-electron chi connectivity index (χ4n) is 4.78. The molecule has 1 amide bonds. The highest BCUT2D eigenvalue weighted by Crippen LogP contribution is 2.35. The molecule has 0 aliphatic carbocycles. The van der Waals surface area contributed by atoms with Crippen LogP contribution in [0.2, 0.25) is 0 Å². The van der Waals surface area contributed by atoms with E-state index in [1.54, 1.807) is 12.1 Å². The second kappa shape index (κ2) is 7.48. The van der Waals surface area contributed by atoms with Crippen molar-refractivity contribution in [1.29, 1.82) is 0 Å². The van der Waals surface area contributed by atoms with Crippen molar-refractivity contribution < 1.29 is 9.21 Å². The van der Waals surface area contributed by atoms with Crippen molar-refractivity contribution in [3.8, 4) is 0 Å². The Morgan fingerprint density at radius 2 is 1.83 bits per heavy atom. The highest BCUT2D eigenvalue weighted by molar-refractivity contribution is 5.98. The third-order valence-electron chi connectivity index (χ3n) is 6.15. The minimum absolute atomic E-state index is 0.00988. The molecule has 0 saturated carbocycles. The van der Waals surface area contributed by atoms with E-state index in [1.807, 2.05) is 71.0 Å². The molecular formula is C25H24N2O3. The van der Waals surface area contributed by atoms with Gasteiger partial charge in [0.1, 0.15) is 11.5 Å². The Bertz CT molecular complexity index is 1170. The van der Waals surface area contributed by atoms with Gasteiger partial charge in [-0.2, -0.15) is 0 Å². The number of benzene rings is 1. The first-order valence-corrected chi connectivity index (χ1v) is 10.4. The van der Waals surface area contributed by atoms with Crippen molar-refractivity contribution in [1.82, 2.24) is 9.47 Å². The van der Waals surface area contributed by atoms with Gasteiger partial charge < -0.3 is 13.9 Å². The van der Waals surface area contributed by atoms with E-state index in [2.05, 4.69) is 0 Å². The van der Waals surface area contributed by atoms with Crippen LogP contribution in [0.25, 0.3) is 5.57 Å². The fraction of sp³-hybridized carbons (Fsp3) is 0.280. The molecule has 152 valence electrons. The van der Waals surface area contributed by atoms with Gasteiger partial charge in [0, 0.05) is 49.0 Å². The molecule has 4 heterocycles. The molecule has 2 aromatic heterocycles. The van der Waals surface area contributed by atoms with Gasteiger partial charge in [0.15, 0.2) is 0 Å².